The zero-order chi connectivity index (χ0) is 16.6. The molecule has 1 aromatic rings. The van der Waals surface area contributed by atoms with Crippen LogP contribution in [0.2, 0.25) is 0 Å². The molecule has 7 nitrogen and oxygen atoms in total. The molecule has 0 atom stereocenters. The molecule has 0 spiro atoms. The number of halogens is 6. The van der Waals surface area contributed by atoms with Crippen molar-refractivity contribution in [3.8, 4) is 5.88 Å². The van der Waals surface area contributed by atoms with Gasteiger partial charge in [-0.25, -0.2) is 17.2 Å². The van der Waals surface area contributed by atoms with Crippen molar-refractivity contribution in [3.05, 3.63) is 21.7 Å². The Balaban J connectivity index is 3.74. The van der Waals surface area contributed by atoms with Crippen molar-refractivity contribution in [1.29, 1.82) is 0 Å². The van der Waals surface area contributed by atoms with Crippen LogP contribution in [0.25, 0.3) is 0 Å². The Bertz CT molecular complexity index is 677. The van der Waals surface area contributed by atoms with E-state index in [1.165, 1.54) is 0 Å². The third-order valence-corrected chi connectivity index (χ3v) is 3.21. The molecule has 0 fully saturated rings. The fourth-order valence-electron chi connectivity index (χ4n) is 1.18. The van der Waals surface area contributed by atoms with E-state index in [-0.39, 0.29) is 6.07 Å². The fourth-order valence-corrected chi connectivity index (χ4v) is 2.25. The van der Waals surface area contributed by atoms with E-state index in [0.717, 1.165) is 0 Å². The first-order chi connectivity index (χ1) is 9.33. The van der Waals surface area contributed by atoms with Gasteiger partial charge >= 0.3 is 18.1 Å². The molecule has 0 N–H and O–H groups in total. The zero-order valence-corrected chi connectivity index (χ0v) is 10.8. The summed E-state index contributed by atoms with van der Waals surface area (Å²) in [6.07, 6.45) is -9.32. The third-order valence-electron chi connectivity index (χ3n) is 1.85. The van der Waals surface area contributed by atoms with Crippen molar-refractivity contribution >= 4 is 25.6 Å². The normalized spacial score (nSPS) is 12.5. The maximum Gasteiger partial charge on any atom is 0.575 e. The highest BCUT2D eigenvalue weighted by atomic mass is 35.7. The molecular formula is C7H2ClF5N2O5S. The van der Waals surface area contributed by atoms with Crippen LogP contribution in [0.15, 0.2) is 11.0 Å². The van der Waals surface area contributed by atoms with Gasteiger partial charge in [0.2, 0.25) is 0 Å². The van der Waals surface area contributed by atoms with E-state index in [2.05, 4.69) is 9.72 Å². The molecule has 1 rings (SSSR count). The summed E-state index contributed by atoms with van der Waals surface area (Å²) < 4.78 is 87.0. The number of hydrogen-bond donors (Lipinski definition) is 0. The third kappa shape index (κ3) is 4.35. The minimum atomic E-state index is -5.53. The Morgan fingerprint density at radius 1 is 1.38 bits per heavy atom. The van der Waals surface area contributed by atoms with Gasteiger partial charge in [-0.15, -0.1) is 13.2 Å². The molecule has 0 aromatic carbocycles. The Morgan fingerprint density at radius 2 is 1.90 bits per heavy atom. The van der Waals surface area contributed by atoms with Gasteiger partial charge in [-0.2, -0.15) is 0 Å². The lowest BCUT2D eigenvalue weighted by Gasteiger charge is -2.11. The molecular weight excluding hydrogens is 355 g/mol. The number of nitrogens with zero attached hydrogens (tertiary/aromatic N) is 2. The van der Waals surface area contributed by atoms with Crippen LogP contribution >= 0.6 is 10.7 Å². The van der Waals surface area contributed by atoms with Crippen LogP contribution in [0, 0.1) is 10.1 Å². The Morgan fingerprint density at radius 3 is 2.24 bits per heavy atom. The predicted octanol–water partition coefficient (Wildman–Crippen LogP) is 2.75. The highest BCUT2D eigenvalue weighted by Gasteiger charge is 2.40. The summed E-state index contributed by atoms with van der Waals surface area (Å²) in [6.45, 7) is 0. The van der Waals surface area contributed by atoms with E-state index in [4.69, 9.17) is 10.7 Å². The summed E-state index contributed by atoms with van der Waals surface area (Å²) in [4.78, 5) is 10.1. The number of ether oxygens (including phenoxy) is 1. The number of nitro groups is 1. The lowest BCUT2D eigenvalue weighted by atomic mass is 10.2. The molecule has 0 unspecified atom stereocenters. The fraction of sp³-hybridized carbons (Fsp3) is 0.286. The average molecular weight is 357 g/mol. The van der Waals surface area contributed by atoms with Crippen LogP contribution in [-0.2, 0) is 9.05 Å². The second-order valence-corrected chi connectivity index (χ2v) is 5.78. The highest BCUT2D eigenvalue weighted by molar-refractivity contribution is 8.13. The van der Waals surface area contributed by atoms with Gasteiger partial charge in [0, 0.05) is 15.7 Å². The van der Waals surface area contributed by atoms with E-state index in [1.807, 2.05) is 0 Å². The number of hydrogen-bond acceptors (Lipinski definition) is 6. The van der Waals surface area contributed by atoms with Crippen molar-refractivity contribution in [1.82, 2.24) is 4.98 Å². The van der Waals surface area contributed by atoms with E-state index in [0.29, 0.717) is 0 Å². The van der Waals surface area contributed by atoms with Crippen molar-refractivity contribution in [3.63, 3.8) is 0 Å². The van der Waals surface area contributed by atoms with Crippen LogP contribution in [0.5, 0.6) is 5.88 Å². The smallest absolute Gasteiger partial charge is 0.366 e. The Labute approximate surface area is 116 Å². The van der Waals surface area contributed by atoms with Crippen LogP contribution in [-0.4, -0.2) is 24.7 Å². The van der Waals surface area contributed by atoms with Gasteiger partial charge in [-0.1, -0.05) is 0 Å². The standard InChI is InChI=1S/C7H2ClF5N2O5S/c8-21(18,19)2-1-3(15(16)17)14-6(4(2)5(9)10)20-7(11,12)13/h1,5H. The van der Waals surface area contributed by atoms with Gasteiger partial charge in [-0.3, -0.25) is 0 Å². The predicted molar refractivity (Wildman–Crippen MR) is 55.6 cm³/mol. The molecule has 0 radical (unpaired) electrons. The minimum absolute atomic E-state index is 0.00700. The largest absolute Gasteiger partial charge is 0.575 e. The summed E-state index contributed by atoms with van der Waals surface area (Å²) in [5.41, 5.74) is -1.83. The van der Waals surface area contributed by atoms with Crippen LogP contribution in [0.3, 0.4) is 0 Å². The van der Waals surface area contributed by atoms with Crippen LogP contribution in [0.4, 0.5) is 27.8 Å². The summed E-state index contributed by atoms with van der Waals surface area (Å²) in [7, 11) is -0.233. The summed E-state index contributed by atoms with van der Waals surface area (Å²) in [5, 5.41) is 10.5. The number of aromatic nitrogens is 1. The van der Waals surface area contributed by atoms with Gasteiger partial charge in [0.15, 0.2) is 0 Å². The van der Waals surface area contributed by atoms with E-state index in [9.17, 15) is 40.5 Å². The van der Waals surface area contributed by atoms with Crippen molar-refractivity contribution in [2.24, 2.45) is 0 Å². The van der Waals surface area contributed by atoms with E-state index < -0.39 is 48.9 Å². The maximum atomic E-state index is 12.7. The molecule has 118 valence electrons. The molecule has 0 aliphatic heterocycles. The molecule has 0 aliphatic rings. The van der Waals surface area contributed by atoms with Gasteiger partial charge in [0.05, 0.1) is 6.07 Å². The summed E-state index contributed by atoms with van der Waals surface area (Å²) >= 11 is 0. The topological polar surface area (TPSA) is 99.4 Å². The van der Waals surface area contributed by atoms with E-state index >= 15 is 0 Å². The van der Waals surface area contributed by atoms with Crippen molar-refractivity contribution in [2.45, 2.75) is 17.7 Å². The molecule has 0 saturated carbocycles. The van der Waals surface area contributed by atoms with Gasteiger partial charge in [0.25, 0.3) is 15.5 Å². The first kappa shape index (κ1) is 17.3. The Hall–Kier alpha value is -1.76. The summed E-state index contributed by atoms with van der Waals surface area (Å²) in [5.74, 6) is -3.43. The number of pyridine rings is 1. The molecule has 0 bridgehead atoms. The van der Waals surface area contributed by atoms with E-state index in [1.54, 1.807) is 0 Å². The second kappa shape index (κ2) is 5.55. The number of alkyl halides is 5. The van der Waals surface area contributed by atoms with Gasteiger partial charge in [-0.05, 0) is 4.92 Å². The van der Waals surface area contributed by atoms with Gasteiger partial charge < -0.3 is 14.9 Å². The Kier molecular flexibility index (Phi) is 4.57. The second-order valence-electron chi connectivity index (χ2n) is 3.24. The lowest BCUT2D eigenvalue weighted by Crippen LogP contribution is -2.20. The van der Waals surface area contributed by atoms with Crippen LogP contribution in [0.1, 0.15) is 12.0 Å². The molecule has 0 aliphatic carbocycles. The van der Waals surface area contributed by atoms with Gasteiger partial charge in [0.1, 0.15) is 10.5 Å². The molecule has 14 heteroatoms. The first-order valence-electron chi connectivity index (χ1n) is 4.51. The van der Waals surface area contributed by atoms with Crippen molar-refractivity contribution < 1.29 is 40.0 Å². The quantitative estimate of drug-likeness (QED) is 0.356. The highest BCUT2D eigenvalue weighted by Crippen LogP contribution is 2.39. The molecule has 1 aromatic heterocycles. The molecule has 0 amide bonds. The minimum Gasteiger partial charge on any atom is -0.366 e. The summed E-state index contributed by atoms with van der Waals surface area (Å²) in [6, 6.07) is 0.00700. The zero-order valence-electron chi connectivity index (χ0n) is 9.27. The first-order valence-corrected chi connectivity index (χ1v) is 6.81. The molecule has 0 saturated heterocycles. The number of rotatable bonds is 4. The monoisotopic (exact) mass is 356 g/mol. The SMILES string of the molecule is O=[N+]([O-])c1cc(S(=O)(=O)Cl)c(C(F)F)c(OC(F)(F)F)n1. The molecule has 1 heterocycles. The van der Waals surface area contributed by atoms with Crippen molar-refractivity contribution in [2.75, 3.05) is 0 Å². The molecule has 21 heavy (non-hydrogen) atoms. The van der Waals surface area contributed by atoms with Crippen LogP contribution < -0.4 is 4.74 Å². The lowest BCUT2D eigenvalue weighted by molar-refractivity contribution is -0.390. The average Bonchev–Trinajstić information content (AvgIpc) is 2.23. The maximum absolute atomic E-state index is 12.7.